The Kier molecular flexibility index (Phi) is 3.52. The predicted molar refractivity (Wildman–Crippen MR) is 52.2 cm³/mol. The summed E-state index contributed by atoms with van der Waals surface area (Å²) in [6.07, 6.45) is -1.83. The molecule has 0 saturated heterocycles. The van der Waals surface area contributed by atoms with Crippen LogP contribution in [0.5, 0.6) is 0 Å². The third-order valence-corrected chi connectivity index (χ3v) is 1.81. The number of benzene rings is 1. The van der Waals surface area contributed by atoms with Gasteiger partial charge in [-0.1, -0.05) is 24.3 Å². The Morgan fingerprint density at radius 3 is 2.13 bits per heavy atom. The van der Waals surface area contributed by atoms with Gasteiger partial charge in [-0.2, -0.15) is 13.2 Å². The average molecular weight is 216 g/mol. The van der Waals surface area contributed by atoms with Gasteiger partial charge in [-0.05, 0) is 24.6 Å². The van der Waals surface area contributed by atoms with Crippen LogP contribution in [0.1, 0.15) is 18.1 Å². The van der Waals surface area contributed by atoms with E-state index in [4.69, 9.17) is 5.11 Å². The lowest BCUT2D eigenvalue weighted by Crippen LogP contribution is -2.04. The fraction of sp³-hybridized carbons (Fsp3) is 0.273. The minimum atomic E-state index is -4.30. The number of hydrogen-bond acceptors (Lipinski definition) is 1. The summed E-state index contributed by atoms with van der Waals surface area (Å²) < 4.78 is 36.5. The van der Waals surface area contributed by atoms with Gasteiger partial charge in [0.05, 0.1) is 11.7 Å². The Morgan fingerprint density at radius 2 is 1.73 bits per heavy atom. The highest BCUT2D eigenvalue weighted by Crippen LogP contribution is 2.29. The summed E-state index contributed by atoms with van der Waals surface area (Å²) in [4.78, 5) is 0. The maximum Gasteiger partial charge on any atom is 0.416 e. The Bertz CT molecular complexity index is 336. The molecule has 82 valence electrons. The van der Waals surface area contributed by atoms with Crippen molar-refractivity contribution in [2.45, 2.75) is 19.2 Å². The zero-order valence-electron chi connectivity index (χ0n) is 8.12. The van der Waals surface area contributed by atoms with Crippen LogP contribution >= 0.6 is 0 Å². The SMILES string of the molecule is CC(O)/C=C/c1ccc(C(F)(F)F)cc1. The van der Waals surface area contributed by atoms with Crippen LogP contribution in [0.25, 0.3) is 6.08 Å². The molecule has 0 radical (unpaired) electrons. The molecule has 0 fully saturated rings. The second-order valence-electron chi connectivity index (χ2n) is 3.22. The van der Waals surface area contributed by atoms with Gasteiger partial charge in [0, 0.05) is 0 Å². The van der Waals surface area contributed by atoms with Gasteiger partial charge in [-0.15, -0.1) is 0 Å². The first-order valence-electron chi connectivity index (χ1n) is 4.43. The molecule has 0 bridgehead atoms. The van der Waals surface area contributed by atoms with Crippen molar-refractivity contribution >= 4 is 6.08 Å². The van der Waals surface area contributed by atoms with Gasteiger partial charge >= 0.3 is 6.18 Å². The van der Waals surface area contributed by atoms with E-state index in [1.807, 2.05) is 0 Å². The molecule has 1 aromatic carbocycles. The van der Waals surface area contributed by atoms with Crippen molar-refractivity contribution < 1.29 is 18.3 Å². The smallest absolute Gasteiger partial charge is 0.389 e. The largest absolute Gasteiger partial charge is 0.416 e. The molecule has 0 aromatic heterocycles. The minimum absolute atomic E-state index is 0.604. The number of hydrogen-bond donors (Lipinski definition) is 1. The van der Waals surface area contributed by atoms with E-state index in [-0.39, 0.29) is 0 Å². The lowest BCUT2D eigenvalue weighted by molar-refractivity contribution is -0.137. The maximum absolute atomic E-state index is 12.2. The zero-order valence-corrected chi connectivity index (χ0v) is 8.12. The molecule has 0 aliphatic rings. The van der Waals surface area contributed by atoms with Crippen molar-refractivity contribution in [1.82, 2.24) is 0 Å². The van der Waals surface area contributed by atoms with Crippen molar-refractivity contribution in [3.05, 3.63) is 41.5 Å². The summed E-state index contributed by atoms with van der Waals surface area (Å²) in [5, 5.41) is 8.93. The Morgan fingerprint density at radius 1 is 1.20 bits per heavy atom. The summed E-state index contributed by atoms with van der Waals surface area (Å²) in [6, 6.07) is 4.76. The van der Waals surface area contributed by atoms with Crippen molar-refractivity contribution in [3.8, 4) is 0 Å². The van der Waals surface area contributed by atoms with Gasteiger partial charge in [0.15, 0.2) is 0 Å². The molecule has 1 unspecified atom stereocenters. The van der Waals surface area contributed by atoms with Gasteiger partial charge < -0.3 is 5.11 Å². The van der Waals surface area contributed by atoms with Crippen LogP contribution < -0.4 is 0 Å². The molecule has 0 aliphatic heterocycles. The van der Waals surface area contributed by atoms with Crippen LogP contribution in [0.4, 0.5) is 13.2 Å². The summed E-state index contributed by atoms with van der Waals surface area (Å²) >= 11 is 0. The lowest BCUT2D eigenvalue weighted by atomic mass is 10.1. The highest BCUT2D eigenvalue weighted by molar-refractivity contribution is 5.50. The Labute approximate surface area is 85.9 Å². The molecule has 1 rings (SSSR count). The molecule has 0 heterocycles. The number of halogens is 3. The number of aliphatic hydroxyl groups excluding tert-OH is 1. The first-order chi connectivity index (χ1) is 6.89. The van der Waals surface area contributed by atoms with Gasteiger partial charge in [-0.25, -0.2) is 0 Å². The van der Waals surface area contributed by atoms with E-state index in [9.17, 15) is 13.2 Å². The summed E-state index contributed by atoms with van der Waals surface area (Å²) in [5.74, 6) is 0. The monoisotopic (exact) mass is 216 g/mol. The topological polar surface area (TPSA) is 20.2 Å². The van der Waals surface area contributed by atoms with Crippen LogP contribution in [-0.2, 0) is 6.18 Å². The zero-order chi connectivity index (χ0) is 11.5. The normalized spacial score (nSPS) is 14.5. The Balaban J connectivity index is 2.82. The highest BCUT2D eigenvalue weighted by Gasteiger charge is 2.29. The second-order valence-corrected chi connectivity index (χ2v) is 3.22. The molecule has 1 atom stereocenters. The van der Waals surface area contributed by atoms with Crippen molar-refractivity contribution in [3.63, 3.8) is 0 Å². The van der Waals surface area contributed by atoms with Crippen LogP contribution in [0, 0.1) is 0 Å². The predicted octanol–water partition coefficient (Wildman–Crippen LogP) is 3.10. The van der Waals surface area contributed by atoms with E-state index >= 15 is 0 Å². The van der Waals surface area contributed by atoms with Crippen LogP contribution in [-0.4, -0.2) is 11.2 Å². The molecule has 1 nitrogen and oxygen atoms in total. The summed E-state index contributed by atoms with van der Waals surface area (Å²) in [6.45, 7) is 1.57. The maximum atomic E-state index is 12.2. The van der Waals surface area contributed by atoms with E-state index in [0.29, 0.717) is 5.56 Å². The standard InChI is InChI=1S/C11H11F3O/c1-8(15)2-3-9-4-6-10(7-5-9)11(12,13)14/h2-8,15H,1H3/b3-2+. The minimum Gasteiger partial charge on any atom is -0.389 e. The first kappa shape index (κ1) is 11.8. The van der Waals surface area contributed by atoms with Gasteiger partial charge in [0.2, 0.25) is 0 Å². The van der Waals surface area contributed by atoms with Crippen molar-refractivity contribution in [2.75, 3.05) is 0 Å². The first-order valence-corrected chi connectivity index (χ1v) is 4.43. The van der Waals surface area contributed by atoms with Crippen LogP contribution in [0.3, 0.4) is 0 Å². The lowest BCUT2D eigenvalue weighted by Gasteiger charge is -2.05. The molecule has 0 spiro atoms. The van der Waals surface area contributed by atoms with E-state index in [1.165, 1.54) is 18.2 Å². The molecule has 0 aliphatic carbocycles. The molecule has 4 heteroatoms. The second kappa shape index (κ2) is 4.49. The Hall–Kier alpha value is -1.29. The van der Waals surface area contributed by atoms with Gasteiger partial charge in [0.1, 0.15) is 0 Å². The van der Waals surface area contributed by atoms with E-state index < -0.39 is 17.8 Å². The highest BCUT2D eigenvalue weighted by atomic mass is 19.4. The molecular weight excluding hydrogens is 205 g/mol. The number of alkyl halides is 3. The van der Waals surface area contributed by atoms with E-state index in [0.717, 1.165) is 12.1 Å². The van der Waals surface area contributed by atoms with Crippen LogP contribution in [0.15, 0.2) is 30.3 Å². The molecule has 15 heavy (non-hydrogen) atoms. The van der Waals surface area contributed by atoms with E-state index in [1.54, 1.807) is 13.0 Å². The fourth-order valence-corrected chi connectivity index (χ4v) is 1.03. The number of aliphatic hydroxyl groups is 1. The third kappa shape index (κ3) is 3.75. The van der Waals surface area contributed by atoms with Crippen molar-refractivity contribution in [2.24, 2.45) is 0 Å². The van der Waals surface area contributed by atoms with Gasteiger partial charge in [-0.3, -0.25) is 0 Å². The number of rotatable bonds is 2. The molecular formula is C11H11F3O. The van der Waals surface area contributed by atoms with Crippen LogP contribution in [0.2, 0.25) is 0 Å². The van der Waals surface area contributed by atoms with E-state index in [2.05, 4.69) is 0 Å². The molecule has 1 aromatic rings. The molecule has 1 N–H and O–H groups in total. The van der Waals surface area contributed by atoms with Crippen molar-refractivity contribution in [1.29, 1.82) is 0 Å². The molecule has 0 saturated carbocycles. The summed E-state index contributed by atoms with van der Waals surface area (Å²) in [5.41, 5.74) is -0.0411. The third-order valence-electron chi connectivity index (χ3n) is 1.81. The quantitative estimate of drug-likeness (QED) is 0.805. The average Bonchev–Trinajstić information content (AvgIpc) is 2.14. The summed E-state index contributed by atoms with van der Waals surface area (Å²) in [7, 11) is 0. The fourth-order valence-electron chi connectivity index (χ4n) is 1.03. The molecule has 0 amide bonds. The van der Waals surface area contributed by atoms with Gasteiger partial charge in [0.25, 0.3) is 0 Å².